The van der Waals surface area contributed by atoms with E-state index in [0.717, 1.165) is 19.3 Å². The number of ether oxygens (including phenoxy) is 2. The lowest BCUT2D eigenvalue weighted by Crippen LogP contribution is -2.30. The van der Waals surface area contributed by atoms with Crippen LogP contribution in [0.3, 0.4) is 0 Å². The molecule has 2 aliphatic heterocycles. The summed E-state index contributed by atoms with van der Waals surface area (Å²) in [4.78, 5) is 11.7. The van der Waals surface area contributed by atoms with Crippen molar-refractivity contribution in [2.45, 2.75) is 31.5 Å². The fourth-order valence-corrected chi connectivity index (χ4v) is 2.42. The number of carbonyl (C=O) groups excluding carboxylic acids is 1. The zero-order valence-electron chi connectivity index (χ0n) is 9.35. The van der Waals surface area contributed by atoms with Crippen LogP contribution in [0.25, 0.3) is 0 Å². The maximum absolute atomic E-state index is 11.7. The summed E-state index contributed by atoms with van der Waals surface area (Å²) in [6.07, 6.45) is 3.30. The van der Waals surface area contributed by atoms with Crippen molar-refractivity contribution in [3.05, 3.63) is 0 Å². The second kappa shape index (κ2) is 5.61. The Morgan fingerprint density at radius 2 is 2.31 bits per heavy atom. The normalized spacial score (nSPS) is 31.9. The maximum Gasteiger partial charge on any atom is 0.311 e. The van der Waals surface area contributed by atoms with Gasteiger partial charge in [-0.1, -0.05) is 0 Å². The van der Waals surface area contributed by atoms with Crippen molar-refractivity contribution in [2.75, 3.05) is 26.3 Å². The molecular formula is C11H19NO4. The van der Waals surface area contributed by atoms with Crippen LogP contribution in [0.1, 0.15) is 19.3 Å². The van der Waals surface area contributed by atoms with Crippen LogP contribution in [0.4, 0.5) is 0 Å². The van der Waals surface area contributed by atoms with Gasteiger partial charge in [0.25, 0.3) is 0 Å². The van der Waals surface area contributed by atoms with Crippen molar-refractivity contribution >= 4 is 5.97 Å². The minimum atomic E-state index is -0.127. The molecule has 2 rings (SSSR count). The number of hydrogen-bond acceptors (Lipinski definition) is 5. The Morgan fingerprint density at radius 3 is 2.94 bits per heavy atom. The van der Waals surface area contributed by atoms with E-state index >= 15 is 0 Å². The Kier molecular flexibility index (Phi) is 4.15. The molecule has 3 atom stereocenters. The molecule has 2 bridgehead atoms. The number of rotatable bonds is 6. The minimum absolute atomic E-state index is 0.0448. The van der Waals surface area contributed by atoms with Crippen molar-refractivity contribution in [2.24, 2.45) is 5.92 Å². The second-order valence-corrected chi connectivity index (χ2v) is 4.36. The Morgan fingerprint density at radius 1 is 1.44 bits per heavy atom. The zero-order chi connectivity index (χ0) is 11.4. The van der Waals surface area contributed by atoms with Crippen LogP contribution >= 0.6 is 0 Å². The SMILES string of the molecule is O=C(OCCNCCO)C1CC2CCC1O2. The Labute approximate surface area is 95.1 Å². The van der Waals surface area contributed by atoms with Crippen LogP contribution in [-0.4, -0.2) is 49.6 Å². The van der Waals surface area contributed by atoms with E-state index in [0.29, 0.717) is 19.7 Å². The van der Waals surface area contributed by atoms with Crippen molar-refractivity contribution in [1.82, 2.24) is 5.32 Å². The van der Waals surface area contributed by atoms with Gasteiger partial charge in [-0.15, -0.1) is 0 Å². The van der Waals surface area contributed by atoms with Gasteiger partial charge in [-0.25, -0.2) is 0 Å². The highest BCUT2D eigenvalue weighted by molar-refractivity contribution is 5.73. The van der Waals surface area contributed by atoms with Gasteiger partial charge < -0.3 is 19.9 Å². The lowest BCUT2D eigenvalue weighted by atomic mass is 9.89. The third-order valence-corrected chi connectivity index (χ3v) is 3.22. The number of aliphatic hydroxyl groups is 1. The maximum atomic E-state index is 11.7. The van der Waals surface area contributed by atoms with Crippen LogP contribution < -0.4 is 5.32 Å². The molecule has 0 aromatic rings. The molecule has 0 spiro atoms. The first-order chi connectivity index (χ1) is 7.81. The van der Waals surface area contributed by atoms with Crippen molar-refractivity contribution in [3.8, 4) is 0 Å². The number of carbonyl (C=O) groups is 1. The highest BCUT2D eigenvalue weighted by Crippen LogP contribution is 2.39. The molecule has 16 heavy (non-hydrogen) atoms. The molecule has 2 heterocycles. The van der Waals surface area contributed by atoms with E-state index in [1.807, 2.05) is 0 Å². The number of hydrogen-bond donors (Lipinski definition) is 2. The second-order valence-electron chi connectivity index (χ2n) is 4.36. The first kappa shape index (κ1) is 11.8. The van der Waals surface area contributed by atoms with Gasteiger partial charge in [0.1, 0.15) is 6.61 Å². The molecular weight excluding hydrogens is 210 g/mol. The van der Waals surface area contributed by atoms with Crippen LogP contribution in [0.15, 0.2) is 0 Å². The number of aliphatic hydroxyl groups excluding tert-OH is 1. The smallest absolute Gasteiger partial charge is 0.311 e. The van der Waals surface area contributed by atoms with Crippen molar-refractivity contribution < 1.29 is 19.4 Å². The highest BCUT2D eigenvalue weighted by atomic mass is 16.5. The summed E-state index contributed by atoms with van der Waals surface area (Å²) >= 11 is 0. The predicted molar refractivity (Wildman–Crippen MR) is 56.9 cm³/mol. The summed E-state index contributed by atoms with van der Waals surface area (Å²) in [7, 11) is 0. The van der Waals surface area contributed by atoms with Crippen LogP contribution in [0, 0.1) is 5.92 Å². The predicted octanol–water partition coefficient (Wildman–Crippen LogP) is -0.321. The summed E-state index contributed by atoms with van der Waals surface area (Å²) in [5, 5.41) is 11.5. The van der Waals surface area contributed by atoms with Crippen molar-refractivity contribution in [3.63, 3.8) is 0 Å². The summed E-state index contributed by atoms with van der Waals surface area (Å²) in [6.45, 7) is 1.60. The fraction of sp³-hybridized carbons (Fsp3) is 0.909. The van der Waals surface area contributed by atoms with Gasteiger partial charge in [-0.05, 0) is 19.3 Å². The molecule has 0 aromatic carbocycles. The molecule has 0 aliphatic carbocycles. The molecule has 2 saturated heterocycles. The van der Waals surface area contributed by atoms with E-state index in [4.69, 9.17) is 14.6 Å². The topological polar surface area (TPSA) is 67.8 Å². The summed E-state index contributed by atoms with van der Waals surface area (Å²) < 4.78 is 10.8. The van der Waals surface area contributed by atoms with Crippen LogP contribution in [0.5, 0.6) is 0 Å². The molecule has 0 radical (unpaired) electrons. The summed E-state index contributed by atoms with van der Waals surface area (Å²) in [5.74, 6) is -0.172. The van der Waals surface area contributed by atoms with Gasteiger partial charge in [0.15, 0.2) is 0 Å². The van der Waals surface area contributed by atoms with E-state index in [-0.39, 0.29) is 30.7 Å². The molecule has 5 heteroatoms. The van der Waals surface area contributed by atoms with Gasteiger partial charge >= 0.3 is 5.97 Å². The van der Waals surface area contributed by atoms with Gasteiger partial charge in [0, 0.05) is 13.1 Å². The molecule has 0 saturated carbocycles. The van der Waals surface area contributed by atoms with E-state index in [1.165, 1.54) is 0 Å². The van der Waals surface area contributed by atoms with E-state index in [9.17, 15) is 4.79 Å². The highest BCUT2D eigenvalue weighted by Gasteiger charge is 2.45. The number of esters is 1. The first-order valence-electron chi connectivity index (χ1n) is 5.95. The molecule has 0 amide bonds. The molecule has 0 aromatic heterocycles. The fourth-order valence-electron chi connectivity index (χ4n) is 2.42. The quantitative estimate of drug-likeness (QED) is 0.482. The van der Waals surface area contributed by atoms with Crippen LogP contribution in [-0.2, 0) is 14.3 Å². The van der Waals surface area contributed by atoms with Crippen LogP contribution in [0.2, 0.25) is 0 Å². The monoisotopic (exact) mass is 229 g/mol. The Hall–Kier alpha value is -0.650. The Bertz CT molecular complexity index is 246. The van der Waals surface area contributed by atoms with E-state index in [1.54, 1.807) is 0 Å². The first-order valence-corrected chi connectivity index (χ1v) is 5.95. The third-order valence-electron chi connectivity index (χ3n) is 3.22. The van der Waals surface area contributed by atoms with E-state index < -0.39 is 0 Å². The number of fused-ring (bicyclic) bond motifs is 2. The Balaban J connectivity index is 1.61. The average Bonchev–Trinajstić information content (AvgIpc) is 2.90. The molecule has 2 fully saturated rings. The molecule has 2 N–H and O–H groups in total. The van der Waals surface area contributed by atoms with Gasteiger partial charge in [0.05, 0.1) is 24.7 Å². The average molecular weight is 229 g/mol. The molecule has 2 aliphatic rings. The lowest BCUT2D eigenvalue weighted by molar-refractivity contribution is -0.150. The standard InChI is InChI=1S/C11H19NO4/c13-5-3-12-4-6-15-11(14)9-7-8-1-2-10(9)16-8/h8-10,12-13H,1-7H2. The third kappa shape index (κ3) is 2.72. The number of nitrogens with one attached hydrogen (secondary N) is 1. The van der Waals surface area contributed by atoms with Gasteiger partial charge in [0.2, 0.25) is 0 Å². The largest absolute Gasteiger partial charge is 0.464 e. The zero-order valence-corrected chi connectivity index (χ0v) is 9.35. The minimum Gasteiger partial charge on any atom is -0.464 e. The summed E-state index contributed by atoms with van der Waals surface area (Å²) in [5.41, 5.74) is 0. The van der Waals surface area contributed by atoms with Crippen molar-refractivity contribution in [1.29, 1.82) is 0 Å². The molecule has 3 unspecified atom stereocenters. The molecule has 92 valence electrons. The van der Waals surface area contributed by atoms with Gasteiger partial charge in [-0.3, -0.25) is 4.79 Å². The molecule has 5 nitrogen and oxygen atoms in total. The van der Waals surface area contributed by atoms with E-state index in [2.05, 4.69) is 5.32 Å². The van der Waals surface area contributed by atoms with Gasteiger partial charge in [-0.2, -0.15) is 0 Å². The lowest BCUT2D eigenvalue weighted by Gasteiger charge is -2.17. The summed E-state index contributed by atoms with van der Waals surface area (Å²) in [6, 6.07) is 0.